The molecule has 5 atom stereocenters. The maximum atomic E-state index is 12.5. The van der Waals surface area contributed by atoms with Crippen LogP contribution >= 0.6 is 0 Å². The van der Waals surface area contributed by atoms with Crippen LogP contribution in [0.2, 0.25) is 0 Å². The largest absolute Gasteiger partial charge is 0.451 e. The van der Waals surface area contributed by atoms with Crippen molar-refractivity contribution in [2.24, 2.45) is 11.8 Å². The first-order valence-corrected chi connectivity index (χ1v) is 11.2. The topological polar surface area (TPSA) is 127 Å². The number of likely N-dealkylation sites (tertiary alicyclic amines) is 1. The molecule has 154 valence electrons. The van der Waals surface area contributed by atoms with E-state index in [4.69, 9.17) is 4.74 Å². The molecule has 2 heterocycles. The number of imide groups is 1. The Morgan fingerprint density at radius 2 is 1.71 bits per heavy atom. The number of sulfone groups is 1. The number of carbonyl (C=O) groups excluding carboxylic acids is 4. The molecule has 3 aliphatic rings. The predicted octanol–water partition coefficient (Wildman–Crippen LogP) is -0.439. The van der Waals surface area contributed by atoms with Crippen LogP contribution in [0, 0.1) is 11.8 Å². The zero-order valence-corrected chi connectivity index (χ0v) is 16.6. The lowest BCUT2D eigenvalue weighted by Gasteiger charge is -2.23. The lowest BCUT2D eigenvalue weighted by molar-refractivity contribution is -0.164. The van der Waals surface area contributed by atoms with Crippen LogP contribution in [-0.2, 0) is 33.8 Å². The first kappa shape index (κ1) is 20.5. The second kappa shape index (κ2) is 7.65. The highest BCUT2D eigenvalue weighted by Crippen LogP contribution is 2.36. The molecule has 10 heteroatoms. The van der Waals surface area contributed by atoms with E-state index in [1.807, 2.05) is 12.2 Å². The van der Waals surface area contributed by atoms with Crippen LogP contribution in [0.3, 0.4) is 0 Å². The van der Waals surface area contributed by atoms with Crippen molar-refractivity contribution >= 4 is 33.5 Å². The van der Waals surface area contributed by atoms with Crippen LogP contribution in [0.25, 0.3) is 0 Å². The molecule has 9 nitrogen and oxygen atoms in total. The molecule has 0 bridgehead atoms. The summed E-state index contributed by atoms with van der Waals surface area (Å²) in [6, 6.07) is -1.64. The summed E-state index contributed by atoms with van der Waals surface area (Å²) in [7, 11) is -3.15. The number of hydrogen-bond donors (Lipinski definition) is 1. The van der Waals surface area contributed by atoms with Crippen molar-refractivity contribution in [3.63, 3.8) is 0 Å². The van der Waals surface area contributed by atoms with Gasteiger partial charge in [0.1, 0.15) is 6.04 Å². The van der Waals surface area contributed by atoms with Gasteiger partial charge >= 0.3 is 5.97 Å². The first-order chi connectivity index (χ1) is 13.1. The second-order valence-electron chi connectivity index (χ2n) is 7.57. The van der Waals surface area contributed by atoms with Gasteiger partial charge in [-0.15, -0.1) is 0 Å². The van der Waals surface area contributed by atoms with Gasteiger partial charge in [-0.3, -0.25) is 19.3 Å². The van der Waals surface area contributed by atoms with Gasteiger partial charge in [-0.25, -0.2) is 13.2 Å². The SMILES string of the molecule is C[C@H](OC(=O)[C@H](C)N1C(=O)[C@H]2CC=CC[C@H]2C1=O)C(=O)N[C@H]1CCS(=O)(=O)C1. The van der Waals surface area contributed by atoms with Gasteiger partial charge in [-0.2, -0.15) is 0 Å². The van der Waals surface area contributed by atoms with Crippen molar-refractivity contribution in [1.82, 2.24) is 10.2 Å². The summed E-state index contributed by atoms with van der Waals surface area (Å²) in [5, 5.41) is 2.56. The molecule has 1 N–H and O–H groups in total. The number of allylic oxidation sites excluding steroid dienone is 2. The van der Waals surface area contributed by atoms with Gasteiger partial charge in [0.2, 0.25) is 11.8 Å². The number of carbonyl (C=O) groups is 4. The normalized spacial score (nSPS) is 30.6. The summed E-state index contributed by atoms with van der Waals surface area (Å²) in [5.74, 6) is -3.26. The number of ether oxygens (including phenoxy) is 1. The molecular formula is C18H24N2O7S. The van der Waals surface area contributed by atoms with Crippen LogP contribution in [-0.4, -0.2) is 66.7 Å². The molecular weight excluding hydrogens is 388 g/mol. The first-order valence-electron chi connectivity index (χ1n) is 9.34. The molecule has 0 aromatic carbocycles. The predicted molar refractivity (Wildman–Crippen MR) is 97.4 cm³/mol. The Balaban J connectivity index is 1.57. The average Bonchev–Trinajstić information content (AvgIpc) is 3.11. The van der Waals surface area contributed by atoms with Crippen molar-refractivity contribution in [2.45, 2.75) is 51.3 Å². The van der Waals surface area contributed by atoms with Crippen molar-refractivity contribution < 1.29 is 32.3 Å². The van der Waals surface area contributed by atoms with E-state index in [9.17, 15) is 27.6 Å². The molecule has 0 radical (unpaired) electrons. The van der Waals surface area contributed by atoms with Crippen molar-refractivity contribution in [1.29, 1.82) is 0 Å². The lowest BCUT2D eigenvalue weighted by atomic mass is 9.85. The van der Waals surface area contributed by atoms with Gasteiger partial charge in [0.15, 0.2) is 15.9 Å². The van der Waals surface area contributed by atoms with Crippen LogP contribution < -0.4 is 5.32 Å². The Labute approximate surface area is 163 Å². The number of hydrogen-bond acceptors (Lipinski definition) is 7. The minimum Gasteiger partial charge on any atom is -0.451 e. The molecule has 3 amide bonds. The Morgan fingerprint density at radius 3 is 2.21 bits per heavy atom. The van der Waals surface area contributed by atoms with E-state index in [1.165, 1.54) is 13.8 Å². The zero-order chi connectivity index (χ0) is 20.6. The maximum Gasteiger partial charge on any atom is 0.329 e. The Hall–Kier alpha value is -2.23. The summed E-state index contributed by atoms with van der Waals surface area (Å²) < 4.78 is 28.1. The Morgan fingerprint density at radius 1 is 1.14 bits per heavy atom. The third kappa shape index (κ3) is 3.96. The lowest BCUT2D eigenvalue weighted by Crippen LogP contribution is -2.48. The van der Waals surface area contributed by atoms with Crippen LogP contribution in [0.1, 0.15) is 33.1 Å². The molecule has 0 aromatic heterocycles. The number of nitrogens with one attached hydrogen (secondary N) is 1. The fourth-order valence-corrected chi connectivity index (χ4v) is 5.54. The van der Waals surface area contributed by atoms with Gasteiger partial charge < -0.3 is 10.1 Å². The van der Waals surface area contributed by atoms with E-state index in [1.54, 1.807) is 0 Å². The molecule has 3 rings (SSSR count). The molecule has 0 saturated carbocycles. The van der Waals surface area contributed by atoms with Crippen molar-refractivity contribution in [3.8, 4) is 0 Å². The highest BCUT2D eigenvalue weighted by molar-refractivity contribution is 7.91. The zero-order valence-electron chi connectivity index (χ0n) is 15.8. The summed E-state index contributed by atoms with van der Waals surface area (Å²) in [4.78, 5) is 50.6. The monoisotopic (exact) mass is 412 g/mol. The summed E-state index contributed by atoms with van der Waals surface area (Å²) in [6.07, 6.45) is 3.80. The Kier molecular flexibility index (Phi) is 5.60. The number of fused-ring (bicyclic) bond motifs is 1. The number of esters is 1. The van der Waals surface area contributed by atoms with Crippen molar-refractivity contribution in [2.75, 3.05) is 11.5 Å². The minimum absolute atomic E-state index is 0.0134. The fraction of sp³-hybridized carbons (Fsp3) is 0.667. The number of nitrogens with zero attached hydrogens (tertiary/aromatic N) is 1. The summed E-state index contributed by atoms with van der Waals surface area (Å²) in [6.45, 7) is 2.76. The highest BCUT2D eigenvalue weighted by atomic mass is 32.2. The van der Waals surface area contributed by atoms with Gasteiger partial charge in [0.05, 0.1) is 23.3 Å². The van der Waals surface area contributed by atoms with E-state index in [-0.39, 0.29) is 11.5 Å². The second-order valence-corrected chi connectivity index (χ2v) is 9.79. The van der Waals surface area contributed by atoms with E-state index >= 15 is 0 Å². The van der Waals surface area contributed by atoms with Crippen LogP contribution in [0.15, 0.2) is 12.2 Å². The third-order valence-electron chi connectivity index (χ3n) is 5.51. The van der Waals surface area contributed by atoms with Crippen LogP contribution in [0.5, 0.6) is 0 Å². The molecule has 2 aliphatic heterocycles. The molecule has 0 spiro atoms. The van der Waals surface area contributed by atoms with E-state index < -0.39 is 63.6 Å². The van der Waals surface area contributed by atoms with Crippen LogP contribution in [0.4, 0.5) is 0 Å². The molecule has 28 heavy (non-hydrogen) atoms. The van der Waals surface area contributed by atoms with Gasteiger partial charge in [0, 0.05) is 6.04 Å². The standard InChI is InChI=1S/C18H24N2O7S/c1-10(20-16(22)13-5-3-4-6-14(13)17(20)23)18(24)27-11(2)15(21)19-12-7-8-28(25,26)9-12/h3-4,10-14H,5-9H2,1-2H3,(H,19,21)/t10-,11-,12-,13-,14+/m0/s1. The summed E-state index contributed by atoms with van der Waals surface area (Å²) >= 11 is 0. The van der Waals surface area contributed by atoms with Gasteiger partial charge in [-0.1, -0.05) is 12.2 Å². The summed E-state index contributed by atoms with van der Waals surface area (Å²) in [5.41, 5.74) is 0. The molecule has 1 aliphatic carbocycles. The molecule has 2 saturated heterocycles. The molecule has 0 unspecified atom stereocenters. The minimum atomic E-state index is -3.15. The van der Waals surface area contributed by atoms with Gasteiger partial charge in [-0.05, 0) is 33.1 Å². The van der Waals surface area contributed by atoms with Crippen molar-refractivity contribution in [3.05, 3.63) is 12.2 Å². The molecule has 2 fully saturated rings. The quantitative estimate of drug-likeness (QED) is 0.368. The van der Waals surface area contributed by atoms with Gasteiger partial charge in [0.25, 0.3) is 5.91 Å². The van der Waals surface area contributed by atoms with E-state index in [0.29, 0.717) is 19.3 Å². The molecule has 0 aromatic rings. The van der Waals surface area contributed by atoms with E-state index in [2.05, 4.69) is 5.32 Å². The Bertz CT molecular complexity index is 809. The third-order valence-corrected chi connectivity index (χ3v) is 7.28. The smallest absolute Gasteiger partial charge is 0.329 e. The number of rotatable bonds is 5. The fourth-order valence-electron chi connectivity index (χ4n) is 3.87. The number of amides is 3. The highest BCUT2D eigenvalue weighted by Gasteiger charge is 2.50. The van der Waals surface area contributed by atoms with E-state index in [0.717, 1.165) is 4.90 Å². The average molecular weight is 412 g/mol. The maximum absolute atomic E-state index is 12.5.